The minimum absolute atomic E-state index is 0.0191. The fourth-order valence-corrected chi connectivity index (χ4v) is 1.99. The van der Waals surface area contributed by atoms with E-state index < -0.39 is 6.10 Å². The number of hydrogen-bond acceptors (Lipinski definition) is 3. The molecular formula is C12H17ClO3. The van der Waals surface area contributed by atoms with E-state index in [1.807, 2.05) is 6.92 Å². The molecule has 1 aromatic rings. The van der Waals surface area contributed by atoms with Gasteiger partial charge in [-0.15, -0.1) is 0 Å². The predicted octanol–water partition coefficient (Wildman–Crippen LogP) is 2.54. The Kier molecular flexibility index (Phi) is 4.44. The molecule has 0 heterocycles. The van der Waals surface area contributed by atoms with Crippen LogP contribution in [0.1, 0.15) is 25.0 Å². The number of aliphatic hydroxyl groups excluding tert-OH is 1. The van der Waals surface area contributed by atoms with Crippen molar-refractivity contribution in [2.45, 2.75) is 32.8 Å². The third-order valence-corrected chi connectivity index (χ3v) is 2.94. The summed E-state index contributed by atoms with van der Waals surface area (Å²) < 4.78 is 5.07. The quantitative estimate of drug-likeness (QED) is 0.856. The molecule has 0 radical (unpaired) electrons. The molecule has 3 nitrogen and oxygen atoms in total. The molecule has 0 aliphatic carbocycles. The van der Waals surface area contributed by atoms with E-state index in [0.717, 1.165) is 12.0 Å². The Hall–Kier alpha value is -0.930. The fraction of sp³-hybridized carbons (Fsp3) is 0.500. The smallest absolute Gasteiger partial charge is 0.162 e. The lowest BCUT2D eigenvalue weighted by Crippen LogP contribution is -2.06. The summed E-state index contributed by atoms with van der Waals surface area (Å²) in [6.07, 6.45) is 0.511. The highest BCUT2D eigenvalue weighted by molar-refractivity contribution is 6.32. The van der Waals surface area contributed by atoms with Gasteiger partial charge in [0.15, 0.2) is 11.5 Å². The highest BCUT2D eigenvalue weighted by Crippen LogP contribution is 2.38. The zero-order chi connectivity index (χ0) is 12.3. The number of halogens is 1. The second-order valence-electron chi connectivity index (χ2n) is 3.79. The van der Waals surface area contributed by atoms with Crippen LogP contribution in [-0.4, -0.2) is 23.4 Å². The van der Waals surface area contributed by atoms with Crippen LogP contribution in [0.4, 0.5) is 0 Å². The number of phenols is 1. The van der Waals surface area contributed by atoms with Gasteiger partial charge < -0.3 is 14.9 Å². The first-order valence-corrected chi connectivity index (χ1v) is 5.64. The predicted molar refractivity (Wildman–Crippen MR) is 64.4 cm³/mol. The Balaban J connectivity index is 3.31. The number of methoxy groups -OCH3 is 1. The van der Waals surface area contributed by atoms with Crippen molar-refractivity contribution in [3.05, 3.63) is 22.2 Å². The normalized spacial score (nSPS) is 12.6. The molecule has 2 N–H and O–H groups in total. The summed E-state index contributed by atoms with van der Waals surface area (Å²) in [4.78, 5) is 0. The van der Waals surface area contributed by atoms with Crippen molar-refractivity contribution in [3.8, 4) is 11.5 Å². The molecular weight excluding hydrogens is 228 g/mol. The summed E-state index contributed by atoms with van der Waals surface area (Å²) >= 11 is 6.16. The van der Waals surface area contributed by atoms with Crippen molar-refractivity contribution < 1.29 is 14.9 Å². The first-order chi connectivity index (χ1) is 7.51. The Bertz CT molecular complexity index is 347. The maximum Gasteiger partial charge on any atom is 0.162 e. The second-order valence-corrected chi connectivity index (χ2v) is 4.16. The third-order valence-electron chi connectivity index (χ3n) is 2.47. The average Bonchev–Trinajstić information content (AvgIpc) is 2.24. The molecule has 0 saturated carbocycles. The number of rotatable bonds is 4. The van der Waals surface area contributed by atoms with Crippen molar-refractivity contribution in [2.24, 2.45) is 0 Å². The van der Waals surface area contributed by atoms with E-state index in [1.165, 1.54) is 7.11 Å². The van der Waals surface area contributed by atoms with E-state index in [4.69, 9.17) is 16.3 Å². The molecule has 0 bridgehead atoms. The number of aliphatic hydroxyl groups is 1. The van der Waals surface area contributed by atoms with Crippen LogP contribution in [0.2, 0.25) is 5.02 Å². The van der Waals surface area contributed by atoms with Gasteiger partial charge >= 0.3 is 0 Å². The Labute approximate surface area is 101 Å². The van der Waals surface area contributed by atoms with Gasteiger partial charge in [-0.3, -0.25) is 0 Å². The molecule has 0 aliphatic heterocycles. The lowest BCUT2D eigenvalue weighted by atomic mass is 10.0. The minimum atomic E-state index is -0.555. The Morgan fingerprint density at radius 2 is 2.12 bits per heavy atom. The van der Waals surface area contributed by atoms with Crippen LogP contribution in [0.5, 0.6) is 11.5 Å². The lowest BCUT2D eigenvalue weighted by Gasteiger charge is -2.15. The Morgan fingerprint density at radius 1 is 1.50 bits per heavy atom. The molecule has 1 unspecified atom stereocenters. The SMILES string of the molecule is CCc1cc(OC)c(O)c(CC(C)O)c1Cl. The van der Waals surface area contributed by atoms with Gasteiger partial charge in [0, 0.05) is 12.0 Å². The fourth-order valence-electron chi connectivity index (χ4n) is 1.63. The van der Waals surface area contributed by atoms with Gasteiger partial charge in [0.25, 0.3) is 0 Å². The summed E-state index contributed by atoms with van der Waals surface area (Å²) in [6.45, 7) is 3.63. The molecule has 0 fully saturated rings. The van der Waals surface area contributed by atoms with E-state index in [0.29, 0.717) is 22.8 Å². The van der Waals surface area contributed by atoms with Crippen LogP contribution in [-0.2, 0) is 12.8 Å². The summed E-state index contributed by atoms with van der Waals surface area (Å²) in [5, 5.41) is 19.8. The second kappa shape index (κ2) is 5.41. The monoisotopic (exact) mass is 244 g/mol. The molecule has 0 amide bonds. The van der Waals surface area contributed by atoms with E-state index in [2.05, 4.69) is 0 Å². The van der Waals surface area contributed by atoms with Gasteiger partial charge in [0.2, 0.25) is 0 Å². The maximum absolute atomic E-state index is 9.92. The highest BCUT2D eigenvalue weighted by Gasteiger charge is 2.17. The van der Waals surface area contributed by atoms with Crippen LogP contribution < -0.4 is 4.74 Å². The molecule has 0 aliphatic rings. The van der Waals surface area contributed by atoms with Gasteiger partial charge in [0.05, 0.1) is 18.2 Å². The van der Waals surface area contributed by atoms with Crippen molar-refractivity contribution in [1.82, 2.24) is 0 Å². The standard InChI is InChI=1S/C12H17ClO3/c1-4-8-6-10(16-3)12(15)9(11(8)13)5-7(2)14/h6-7,14-15H,4-5H2,1-3H3. The van der Waals surface area contributed by atoms with E-state index in [9.17, 15) is 10.2 Å². The number of hydrogen-bond donors (Lipinski definition) is 2. The summed E-state index contributed by atoms with van der Waals surface area (Å²) in [5.41, 5.74) is 1.46. The summed E-state index contributed by atoms with van der Waals surface area (Å²) in [7, 11) is 1.49. The maximum atomic E-state index is 9.92. The van der Waals surface area contributed by atoms with Gasteiger partial charge in [-0.1, -0.05) is 18.5 Å². The Morgan fingerprint density at radius 3 is 2.56 bits per heavy atom. The number of ether oxygens (including phenoxy) is 1. The first-order valence-electron chi connectivity index (χ1n) is 5.26. The van der Waals surface area contributed by atoms with Gasteiger partial charge in [-0.05, 0) is 25.0 Å². The molecule has 1 atom stereocenters. The van der Waals surface area contributed by atoms with Crippen molar-refractivity contribution in [2.75, 3.05) is 7.11 Å². The molecule has 0 spiro atoms. The summed E-state index contributed by atoms with van der Waals surface area (Å²) in [6, 6.07) is 1.73. The molecule has 4 heteroatoms. The average molecular weight is 245 g/mol. The van der Waals surface area contributed by atoms with Crippen LogP contribution >= 0.6 is 11.6 Å². The summed E-state index contributed by atoms with van der Waals surface area (Å²) in [5.74, 6) is 0.419. The molecule has 90 valence electrons. The van der Waals surface area contributed by atoms with Crippen molar-refractivity contribution in [3.63, 3.8) is 0 Å². The molecule has 1 rings (SSSR count). The molecule has 0 aromatic heterocycles. The zero-order valence-corrected chi connectivity index (χ0v) is 10.5. The van der Waals surface area contributed by atoms with Gasteiger partial charge in [-0.25, -0.2) is 0 Å². The third kappa shape index (κ3) is 2.60. The molecule has 0 saturated heterocycles. The number of phenolic OH excluding ortho intramolecular Hbond substituents is 1. The lowest BCUT2D eigenvalue weighted by molar-refractivity contribution is 0.194. The topological polar surface area (TPSA) is 49.7 Å². The number of benzene rings is 1. The van der Waals surface area contributed by atoms with Crippen LogP contribution in [0, 0.1) is 0 Å². The molecule has 16 heavy (non-hydrogen) atoms. The first kappa shape index (κ1) is 13.1. The van der Waals surface area contributed by atoms with Crippen molar-refractivity contribution in [1.29, 1.82) is 0 Å². The van der Waals surface area contributed by atoms with Crippen molar-refractivity contribution >= 4 is 11.6 Å². The van der Waals surface area contributed by atoms with E-state index >= 15 is 0 Å². The zero-order valence-electron chi connectivity index (χ0n) is 9.75. The van der Waals surface area contributed by atoms with E-state index in [1.54, 1.807) is 13.0 Å². The number of aryl methyl sites for hydroxylation is 1. The number of aromatic hydroxyl groups is 1. The highest BCUT2D eigenvalue weighted by atomic mass is 35.5. The van der Waals surface area contributed by atoms with Gasteiger partial charge in [-0.2, -0.15) is 0 Å². The van der Waals surface area contributed by atoms with Gasteiger partial charge in [0.1, 0.15) is 0 Å². The van der Waals surface area contributed by atoms with Crippen LogP contribution in [0.3, 0.4) is 0 Å². The van der Waals surface area contributed by atoms with Crippen LogP contribution in [0.15, 0.2) is 6.07 Å². The largest absolute Gasteiger partial charge is 0.504 e. The minimum Gasteiger partial charge on any atom is -0.504 e. The van der Waals surface area contributed by atoms with Crippen LogP contribution in [0.25, 0.3) is 0 Å². The van der Waals surface area contributed by atoms with E-state index in [-0.39, 0.29) is 5.75 Å². The molecule has 1 aromatic carbocycles.